The highest BCUT2D eigenvalue weighted by Gasteiger charge is 2.34. The topological polar surface area (TPSA) is 70.1 Å². The van der Waals surface area contributed by atoms with Crippen LogP contribution in [0.15, 0.2) is 51.8 Å². The molecule has 0 saturated carbocycles. The first kappa shape index (κ1) is 19.6. The Kier molecular flexibility index (Phi) is 4.94. The normalized spacial score (nSPS) is 19.8. The van der Waals surface area contributed by atoms with Crippen LogP contribution in [0.1, 0.15) is 41.1 Å². The minimum Gasteiger partial charge on any atom is -0.349 e. The van der Waals surface area contributed by atoms with E-state index in [0.717, 1.165) is 12.8 Å². The number of carbonyl (C=O) groups excluding carboxylic acids is 1. The number of benzene rings is 2. The van der Waals surface area contributed by atoms with E-state index < -0.39 is 10.0 Å². The molecule has 1 unspecified atom stereocenters. The summed E-state index contributed by atoms with van der Waals surface area (Å²) >= 11 is 0. The number of fused-ring (bicyclic) bond motifs is 1. The maximum absolute atomic E-state index is 13.1. The van der Waals surface area contributed by atoms with E-state index in [4.69, 9.17) is 0 Å². The number of amidine groups is 1. The second-order valence-electron chi connectivity index (χ2n) is 7.91. The Balaban J connectivity index is 1.55. The smallest absolute Gasteiger partial charge is 0.285 e. The zero-order chi connectivity index (χ0) is 20.8. The third-order valence-corrected chi connectivity index (χ3v) is 6.87. The number of aryl methyl sites for hydroxylation is 2. The van der Waals surface area contributed by atoms with Crippen LogP contribution in [0.2, 0.25) is 0 Å². The van der Waals surface area contributed by atoms with E-state index >= 15 is 0 Å². The van der Waals surface area contributed by atoms with Gasteiger partial charge < -0.3 is 9.80 Å². The molecule has 0 N–H and O–H groups in total. The number of likely N-dealkylation sites (tertiary alicyclic amines) is 1. The van der Waals surface area contributed by atoms with E-state index in [9.17, 15) is 13.2 Å². The number of nitrogens with zero attached hydrogens (tertiary/aromatic N) is 3. The van der Waals surface area contributed by atoms with Gasteiger partial charge in [-0.25, -0.2) is 0 Å². The number of likely N-dealkylation sites (N-methyl/N-ethyl adjacent to an activating group) is 1. The average Bonchev–Trinajstić information content (AvgIpc) is 3.24. The van der Waals surface area contributed by atoms with Crippen molar-refractivity contribution in [1.29, 1.82) is 0 Å². The SMILES string of the molecule is Cc1cc(C)cc(C2CCCN2C(=O)CN(C)C2=NS(=O)(=O)c3ccccc32)c1. The van der Waals surface area contributed by atoms with Gasteiger partial charge in [0.15, 0.2) is 5.84 Å². The maximum atomic E-state index is 13.1. The quantitative estimate of drug-likeness (QED) is 0.778. The Morgan fingerprint density at radius 2 is 1.86 bits per heavy atom. The van der Waals surface area contributed by atoms with Crippen LogP contribution < -0.4 is 0 Å². The summed E-state index contributed by atoms with van der Waals surface area (Å²) in [6, 6.07) is 13.2. The van der Waals surface area contributed by atoms with Crippen LogP contribution in [0.3, 0.4) is 0 Å². The lowest BCUT2D eigenvalue weighted by atomic mass is 9.99. The van der Waals surface area contributed by atoms with Gasteiger partial charge in [-0.15, -0.1) is 4.40 Å². The van der Waals surface area contributed by atoms with Crippen LogP contribution in [-0.4, -0.2) is 50.1 Å². The predicted molar refractivity (Wildman–Crippen MR) is 112 cm³/mol. The summed E-state index contributed by atoms with van der Waals surface area (Å²) < 4.78 is 28.5. The zero-order valence-electron chi connectivity index (χ0n) is 16.9. The lowest BCUT2D eigenvalue weighted by Gasteiger charge is -2.28. The van der Waals surface area contributed by atoms with E-state index in [1.54, 1.807) is 36.2 Å². The van der Waals surface area contributed by atoms with Gasteiger partial charge in [-0.05, 0) is 44.4 Å². The summed E-state index contributed by atoms with van der Waals surface area (Å²) in [5.41, 5.74) is 4.11. The Bertz CT molecular complexity index is 1090. The molecule has 2 aliphatic rings. The molecular weight excluding hydrogens is 386 g/mol. The lowest BCUT2D eigenvalue weighted by Crippen LogP contribution is -2.40. The van der Waals surface area contributed by atoms with Crippen LogP contribution in [0.4, 0.5) is 0 Å². The van der Waals surface area contributed by atoms with Gasteiger partial charge >= 0.3 is 0 Å². The molecule has 0 radical (unpaired) electrons. The van der Waals surface area contributed by atoms with Gasteiger partial charge in [-0.3, -0.25) is 4.79 Å². The third-order valence-electron chi connectivity index (χ3n) is 5.55. The molecular formula is C22H25N3O3S. The number of rotatable bonds is 3. The third kappa shape index (κ3) is 3.67. The van der Waals surface area contributed by atoms with E-state index in [1.165, 1.54) is 16.7 Å². The van der Waals surface area contributed by atoms with Crippen LogP contribution in [0.25, 0.3) is 0 Å². The average molecular weight is 412 g/mol. The molecule has 6 nitrogen and oxygen atoms in total. The van der Waals surface area contributed by atoms with Crippen molar-refractivity contribution in [1.82, 2.24) is 9.80 Å². The van der Waals surface area contributed by atoms with Gasteiger partial charge in [0.1, 0.15) is 4.90 Å². The second kappa shape index (κ2) is 7.30. The van der Waals surface area contributed by atoms with Crippen LogP contribution >= 0.6 is 0 Å². The lowest BCUT2D eigenvalue weighted by molar-refractivity contribution is -0.132. The number of sulfonamides is 1. The number of carbonyl (C=O) groups is 1. The van der Waals surface area contributed by atoms with Crippen molar-refractivity contribution in [2.75, 3.05) is 20.1 Å². The molecule has 7 heteroatoms. The summed E-state index contributed by atoms with van der Waals surface area (Å²) in [7, 11) is -1.98. The van der Waals surface area contributed by atoms with E-state index in [-0.39, 0.29) is 23.4 Å². The van der Waals surface area contributed by atoms with E-state index in [0.29, 0.717) is 17.9 Å². The molecule has 0 bridgehead atoms. The summed E-state index contributed by atoms with van der Waals surface area (Å²) in [5.74, 6) is 0.315. The Labute approximate surface area is 171 Å². The van der Waals surface area contributed by atoms with E-state index in [1.807, 2.05) is 4.90 Å². The van der Waals surface area contributed by atoms with Crippen molar-refractivity contribution in [3.8, 4) is 0 Å². The van der Waals surface area contributed by atoms with Crippen LogP contribution in [-0.2, 0) is 14.8 Å². The zero-order valence-corrected chi connectivity index (χ0v) is 17.7. The van der Waals surface area contributed by atoms with Gasteiger partial charge in [0.25, 0.3) is 10.0 Å². The molecule has 152 valence electrons. The maximum Gasteiger partial charge on any atom is 0.285 e. The van der Waals surface area contributed by atoms with E-state index in [2.05, 4.69) is 36.4 Å². The highest BCUT2D eigenvalue weighted by atomic mass is 32.2. The fraction of sp³-hybridized carbons (Fsp3) is 0.364. The minimum atomic E-state index is -3.70. The standard InChI is InChI=1S/C22H25N3O3S/c1-15-11-16(2)13-17(12-15)19-8-6-10-25(19)21(26)14-24(3)22-18-7-4-5-9-20(18)29(27,28)23-22/h4-5,7,9,11-13,19H,6,8,10,14H2,1-3H3. The largest absolute Gasteiger partial charge is 0.349 e. The van der Waals surface area contributed by atoms with Crippen LogP contribution in [0.5, 0.6) is 0 Å². The monoisotopic (exact) mass is 411 g/mol. The summed E-state index contributed by atoms with van der Waals surface area (Å²) in [6.45, 7) is 4.94. The molecule has 0 aliphatic carbocycles. The Morgan fingerprint density at radius 3 is 2.59 bits per heavy atom. The van der Waals surface area contributed by atoms with Crippen LogP contribution in [0, 0.1) is 13.8 Å². The Morgan fingerprint density at radius 1 is 1.17 bits per heavy atom. The second-order valence-corrected chi connectivity index (χ2v) is 9.48. The van der Waals surface area contributed by atoms with Crippen molar-refractivity contribution in [3.05, 3.63) is 64.7 Å². The number of hydrogen-bond donors (Lipinski definition) is 0. The molecule has 2 aliphatic heterocycles. The highest BCUT2D eigenvalue weighted by molar-refractivity contribution is 7.90. The molecule has 1 saturated heterocycles. The molecule has 4 rings (SSSR count). The number of amides is 1. The minimum absolute atomic E-state index is 0.0151. The predicted octanol–water partition coefficient (Wildman–Crippen LogP) is 3.05. The van der Waals surface area contributed by atoms with Gasteiger partial charge in [0, 0.05) is 19.2 Å². The van der Waals surface area contributed by atoms with Gasteiger partial charge in [-0.2, -0.15) is 8.42 Å². The summed E-state index contributed by atoms with van der Waals surface area (Å²) in [4.78, 5) is 16.9. The molecule has 2 aromatic carbocycles. The fourth-order valence-electron chi connectivity index (χ4n) is 4.35. The first-order valence-electron chi connectivity index (χ1n) is 9.79. The molecule has 1 atom stereocenters. The molecule has 2 heterocycles. The fourth-order valence-corrected chi connectivity index (χ4v) is 5.60. The summed E-state index contributed by atoms with van der Waals surface area (Å²) in [5, 5.41) is 0. The van der Waals surface area contributed by atoms with Crippen molar-refractivity contribution in [2.45, 2.75) is 37.6 Å². The molecule has 1 amide bonds. The van der Waals surface area contributed by atoms with Gasteiger partial charge in [-0.1, -0.05) is 41.5 Å². The molecule has 2 aromatic rings. The van der Waals surface area contributed by atoms with Crippen molar-refractivity contribution < 1.29 is 13.2 Å². The van der Waals surface area contributed by atoms with Crippen molar-refractivity contribution in [2.24, 2.45) is 4.40 Å². The van der Waals surface area contributed by atoms with Gasteiger partial charge in [0.2, 0.25) is 5.91 Å². The number of hydrogen-bond acceptors (Lipinski definition) is 4. The molecule has 0 spiro atoms. The molecule has 1 fully saturated rings. The highest BCUT2D eigenvalue weighted by Crippen LogP contribution is 2.33. The first-order valence-corrected chi connectivity index (χ1v) is 11.2. The molecule has 29 heavy (non-hydrogen) atoms. The van der Waals surface area contributed by atoms with Crippen molar-refractivity contribution >= 4 is 21.8 Å². The van der Waals surface area contributed by atoms with Gasteiger partial charge in [0.05, 0.1) is 12.6 Å². The first-order chi connectivity index (χ1) is 13.8. The summed E-state index contributed by atoms with van der Waals surface area (Å²) in [6.07, 6.45) is 1.90. The van der Waals surface area contributed by atoms with Crippen molar-refractivity contribution in [3.63, 3.8) is 0 Å². The Hall–Kier alpha value is -2.67. The molecule has 0 aromatic heterocycles.